The minimum atomic E-state index is 0.279. The number of likely N-dealkylation sites (tertiary alicyclic amines) is 1. The molecule has 0 aliphatic carbocycles. The number of nitrogens with two attached hydrogens (primary N) is 1. The van der Waals surface area contributed by atoms with E-state index in [-0.39, 0.29) is 6.04 Å². The lowest BCUT2D eigenvalue weighted by Crippen LogP contribution is -2.43. The monoisotopic (exact) mass is 276 g/mol. The van der Waals surface area contributed by atoms with E-state index in [2.05, 4.69) is 30.9 Å². The number of fused-ring (bicyclic) bond motifs is 1. The first-order chi connectivity index (χ1) is 9.65. The second-order valence-electron chi connectivity index (χ2n) is 6.05. The Labute approximate surface area is 120 Å². The summed E-state index contributed by atoms with van der Waals surface area (Å²) in [6.07, 6.45) is 2.49. The van der Waals surface area contributed by atoms with E-state index in [0.717, 1.165) is 24.6 Å². The van der Waals surface area contributed by atoms with Crippen LogP contribution in [0.5, 0.6) is 11.5 Å². The van der Waals surface area contributed by atoms with Crippen LogP contribution in [0.2, 0.25) is 0 Å². The molecule has 3 rings (SSSR count). The summed E-state index contributed by atoms with van der Waals surface area (Å²) in [5.41, 5.74) is 7.37. The lowest BCUT2D eigenvalue weighted by Gasteiger charge is -2.38. The first-order valence-corrected chi connectivity index (χ1v) is 7.54. The molecule has 1 aromatic carbocycles. The van der Waals surface area contributed by atoms with Crippen molar-refractivity contribution < 1.29 is 9.47 Å². The van der Waals surface area contributed by atoms with E-state index in [1.807, 2.05) is 6.07 Å². The van der Waals surface area contributed by atoms with Crippen LogP contribution in [-0.2, 0) is 0 Å². The van der Waals surface area contributed by atoms with Crippen LogP contribution in [0.4, 0.5) is 0 Å². The Bertz CT molecular complexity index is 476. The van der Waals surface area contributed by atoms with Crippen molar-refractivity contribution >= 4 is 0 Å². The van der Waals surface area contributed by atoms with Gasteiger partial charge in [0.05, 0.1) is 0 Å². The predicted octanol–water partition coefficient (Wildman–Crippen LogP) is 2.54. The van der Waals surface area contributed by atoms with Gasteiger partial charge in [0.25, 0.3) is 0 Å². The molecule has 4 heteroatoms. The van der Waals surface area contributed by atoms with E-state index >= 15 is 0 Å². The first-order valence-electron chi connectivity index (χ1n) is 7.54. The highest BCUT2D eigenvalue weighted by molar-refractivity contribution is 5.45. The fourth-order valence-corrected chi connectivity index (χ4v) is 3.21. The Morgan fingerprint density at radius 2 is 2.05 bits per heavy atom. The zero-order valence-corrected chi connectivity index (χ0v) is 12.3. The predicted molar refractivity (Wildman–Crippen MR) is 78.9 cm³/mol. The molecule has 0 amide bonds. The van der Waals surface area contributed by atoms with E-state index < -0.39 is 0 Å². The highest BCUT2D eigenvalue weighted by atomic mass is 16.7. The first kappa shape index (κ1) is 13.7. The third kappa shape index (κ3) is 2.63. The van der Waals surface area contributed by atoms with E-state index in [9.17, 15) is 0 Å². The van der Waals surface area contributed by atoms with Crippen molar-refractivity contribution in [2.75, 3.05) is 19.9 Å². The summed E-state index contributed by atoms with van der Waals surface area (Å²) in [6, 6.07) is 6.95. The quantitative estimate of drug-likeness (QED) is 0.921. The Morgan fingerprint density at radius 3 is 2.85 bits per heavy atom. The van der Waals surface area contributed by atoms with Gasteiger partial charge in [-0.3, -0.25) is 4.90 Å². The number of benzene rings is 1. The summed E-state index contributed by atoms with van der Waals surface area (Å²) in [5, 5.41) is 0. The third-order valence-electron chi connectivity index (χ3n) is 4.66. The van der Waals surface area contributed by atoms with E-state index in [0.29, 0.717) is 18.8 Å². The van der Waals surface area contributed by atoms with Crippen molar-refractivity contribution in [3.8, 4) is 11.5 Å². The summed E-state index contributed by atoms with van der Waals surface area (Å²) in [5.74, 6) is 2.34. The highest BCUT2D eigenvalue weighted by Gasteiger charge is 2.27. The lowest BCUT2D eigenvalue weighted by molar-refractivity contribution is 0.121. The van der Waals surface area contributed by atoms with Crippen molar-refractivity contribution in [3.05, 3.63) is 23.8 Å². The number of rotatable bonds is 3. The summed E-state index contributed by atoms with van der Waals surface area (Å²) >= 11 is 0. The molecule has 2 aliphatic rings. The summed E-state index contributed by atoms with van der Waals surface area (Å²) in [7, 11) is 0. The van der Waals surface area contributed by atoms with Crippen LogP contribution in [0.15, 0.2) is 18.2 Å². The average Bonchev–Trinajstić information content (AvgIpc) is 2.94. The lowest BCUT2D eigenvalue weighted by atomic mass is 9.90. The van der Waals surface area contributed by atoms with Crippen LogP contribution in [0.1, 0.15) is 38.3 Å². The minimum Gasteiger partial charge on any atom is -0.454 e. The van der Waals surface area contributed by atoms with Gasteiger partial charge in [0.15, 0.2) is 11.5 Å². The Hall–Kier alpha value is -1.26. The van der Waals surface area contributed by atoms with Gasteiger partial charge in [-0.1, -0.05) is 6.07 Å². The molecule has 4 nitrogen and oxygen atoms in total. The van der Waals surface area contributed by atoms with Crippen LogP contribution in [0.3, 0.4) is 0 Å². The van der Waals surface area contributed by atoms with Crippen molar-refractivity contribution in [3.63, 3.8) is 0 Å². The second-order valence-corrected chi connectivity index (χ2v) is 6.05. The Balaban J connectivity index is 1.73. The van der Waals surface area contributed by atoms with E-state index in [1.165, 1.54) is 18.4 Å². The summed E-state index contributed by atoms with van der Waals surface area (Å²) in [4.78, 5) is 2.54. The van der Waals surface area contributed by atoms with Gasteiger partial charge in [-0.25, -0.2) is 0 Å². The van der Waals surface area contributed by atoms with Gasteiger partial charge in [-0.05, 0) is 56.8 Å². The van der Waals surface area contributed by atoms with Crippen LogP contribution in [0, 0.1) is 5.92 Å². The largest absolute Gasteiger partial charge is 0.454 e. The van der Waals surface area contributed by atoms with Gasteiger partial charge in [0.2, 0.25) is 6.79 Å². The molecule has 20 heavy (non-hydrogen) atoms. The number of nitrogens with zero attached hydrogens (tertiary/aromatic N) is 1. The van der Waals surface area contributed by atoms with E-state index in [4.69, 9.17) is 15.2 Å². The number of hydrogen-bond acceptors (Lipinski definition) is 4. The van der Waals surface area contributed by atoms with Gasteiger partial charge in [0, 0.05) is 18.6 Å². The molecule has 1 saturated heterocycles. The molecule has 0 bridgehead atoms. The van der Waals surface area contributed by atoms with E-state index in [1.54, 1.807) is 0 Å². The number of piperidine rings is 1. The molecule has 2 heterocycles. The average molecular weight is 276 g/mol. The van der Waals surface area contributed by atoms with Crippen molar-refractivity contribution in [2.24, 2.45) is 11.7 Å². The zero-order chi connectivity index (χ0) is 14.1. The van der Waals surface area contributed by atoms with Crippen LogP contribution >= 0.6 is 0 Å². The van der Waals surface area contributed by atoms with Crippen molar-refractivity contribution in [1.29, 1.82) is 0 Å². The molecule has 2 N–H and O–H groups in total. The SMILES string of the molecule is CC(N)C1CCCN(C(C)c2ccc3c(c2)OCO3)C1. The molecule has 3 unspecified atom stereocenters. The standard InChI is InChI=1S/C16H24N2O2/c1-11(17)14-4-3-7-18(9-14)12(2)13-5-6-15-16(8-13)20-10-19-15/h5-6,8,11-12,14H,3-4,7,9-10,17H2,1-2H3. The molecule has 0 aromatic heterocycles. The normalized spacial score (nSPS) is 25.4. The van der Waals surface area contributed by atoms with Gasteiger partial charge in [-0.15, -0.1) is 0 Å². The van der Waals surface area contributed by atoms with Crippen molar-refractivity contribution in [1.82, 2.24) is 4.90 Å². The minimum absolute atomic E-state index is 0.279. The molecule has 3 atom stereocenters. The third-order valence-corrected chi connectivity index (χ3v) is 4.66. The van der Waals surface area contributed by atoms with Gasteiger partial charge < -0.3 is 15.2 Å². The second kappa shape index (κ2) is 5.62. The smallest absolute Gasteiger partial charge is 0.231 e. The Kier molecular flexibility index (Phi) is 3.85. The molecular weight excluding hydrogens is 252 g/mol. The Morgan fingerprint density at radius 1 is 1.25 bits per heavy atom. The zero-order valence-electron chi connectivity index (χ0n) is 12.3. The molecule has 0 radical (unpaired) electrons. The van der Waals surface area contributed by atoms with Crippen LogP contribution in [-0.4, -0.2) is 30.8 Å². The summed E-state index contributed by atoms with van der Waals surface area (Å²) in [6.45, 7) is 6.97. The van der Waals surface area contributed by atoms with Gasteiger partial charge in [0.1, 0.15) is 0 Å². The van der Waals surface area contributed by atoms with Crippen LogP contribution < -0.4 is 15.2 Å². The van der Waals surface area contributed by atoms with Crippen LogP contribution in [0.25, 0.3) is 0 Å². The van der Waals surface area contributed by atoms with Gasteiger partial charge >= 0.3 is 0 Å². The molecule has 110 valence electrons. The number of ether oxygens (including phenoxy) is 2. The summed E-state index contributed by atoms with van der Waals surface area (Å²) < 4.78 is 10.9. The van der Waals surface area contributed by atoms with Gasteiger partial charge in [-0.2, -0.15) is 0 Å². The highest BCUT2D eigenvalue weighted by Crippen LogP contribution is 2.36. The molecular formula is C16H24N2O2. The maximum Gasteiger partial charge on any atom is 0.231 e. The molecule has 0 spiro atoms. The fraction of sp³-hybridized carbons (Fsp3) is 0.625. The molecule has 1 fully saturated rings. The molecule has 0 saturated carbocycles. The maximum absolute atomic E-state index is 6.08. The van der Waals surface area contributed by atoms with Crippen molar-refractivity contribution in [2.45, 2.75) is 38.8 Å². The maximum atomic E-state index is 6.08. The number of hydrogen-bond donors (Lipinski definition) is 1. The molecule has 2 aliphatic heterocycles. The fourth-order valence-electron chi connectivity index (χ4n) is 3.21. The molecule has 1 aromatic rings. The topological polar surface area (TPSA) is 47.7 Å².